The van der Waals surface area contributed by atoms with Gasteiger partial charge in [-0.05, 0) is 25.7 Å². The molecule has 6 heteroatoms. The Morgan fingerprint density at radius 3 is 0.897 bits per heavy atom. The number of nitrogens with one attached hydrogen (secondary N) is 1. The minimum Gasteiger partial charge on any atom is -0.466 e. The number of aliphatic hydroxyl groups is 2. The summed E-state index contributed by atoms with van der Waals surface area (Å²) in [6, 6.07) is -0.553. The van der Waals surface area contributed by atoms with Crippen LogP contribution in [0.25, 0.3) is 0 Å². The summed E-state index contributed by atoms with van der Waals surface area (Å²) in [5.41, 5.74) is 0. The topological polar surface area (TPSA) is 95.9 Å². The fourth-order valence-corrected chi connectivity index (χ4v) is 10.1. The zero-order valence-corrected chi connectivity index (χ0v) is 46.4. The van der Waals surface area contributed by atoms with Crippen LogP contribution in [0.5, 0.6) is 0 Å². The molecule has 0 aromatic rings. The molecule has 6 nitrogen and oxygen atoms in total. The Labute approximate surface area is 426 Å². The second kappa shape index (κ2) is 58.4. The SMILES string of the molecule is CCCCCCCCCCCCCCCCCCCCCCCC(O)C(CO)NC(=O)CCCCCCCCCCCCCCOC(=O)CCCCCCCCCCCCCCCCCCCC. The molecule has 0 saturated heterocycles. The summed E-state index contributed by atoms with van der Waals surface area (Å²) in [5, 5.41) is 23.4. The highest BCUT2D eigenvalue weighted by atomic mass is 16.5. The van der Waals surface area contributed by atoms with E-state index in [9.17, 15) is 19.8 Å². The van der Waals surface area contributed by atoms with Crippen LogP contribution in [0.4, 0.5) is 0 Å². The third kappa shape index (κ3) is 54.2. The first-order valence-corrected chi connectivity index (χ1v) is 31.3. The number of esters is 1. The van der Waals surface area contributed by atoms with E-state index in [4.69, 9.17) is 4.74 Å². The Morgan fingerprint density at radius 2 is 0.603 bits per heavy atom. The van der Waals surface area contributed by atoms with Crippen molar-refractivity contribution in [2.75, 3.05) is 13.2 Å². The van der Waals surface area contributed by atoms with Gasteiger partial charge >= 0.3 is 5.97 Å². The summed E-state index contributed by atoms with van der Waals surface area (Å²) in [4.78, 5) is 24.6. The molecule has 0 spiro atoms. The summed E-state index contributed by atoms with van der Waals surface area (Å²) >= 11 is 0. The molecule has 68 heavy (non-hydrogen) atoms. The Kier molecular flexibility index (Phi) is 57.5. The molecule has 0 aromatic carbocycles. The summed E-state index contributed by atoms with van der Waals surface area (Å²) in [5.74, 6) is -0.0486. The highest BCUT2D eigenvalue weighted by Gasteiger charge is 2.20. The summed E-state index contributed by atoms with van der Waals surface area (Å²) in [7, 11) is 0. The van der Waals surface area contributed by atoms with Gasteiger partial charge in [0.05, 0.1) is 25.4 Å². The van der Waals surface area contributed by atoms with E-state index in [0.717, 1.165) is 57.8 Å². The molecule has 0 saturated carbocycles. The second-order valence-electron chi connectivity index (χ2n) is 21.8. The van der Waals surface area contributed by atoms with Crippen LogP contribution in [0.1, 0.15) is 361 Å². The van der Waals surface area contributed by atoms with E-state index < -0.39 is 12.1 Å². The van der Waals surface area contributed by atoms with Crippen molar-refractivity contribution in [2.24, 2.45) is 0 Å². The van der Waals surface area contributed by atoms with Crippen molar-refractivity contribution in [2.45, 2.75) is 373 Å². The third-order valence-electron chi connectivity index (χ3n) is 14.9. The Hall–Kier alpha value is -1.14. The number of ether oxygens (including phenoxy) is 1. The quantitative estimate of drug-likeness (QED) is 0.0417. The Bertz CT molecular complexity index is 975. The van der Waals surface area contributed by atoms with Crippen LogP contribution in [0.3, 0.4) is 0 Å². The van der Waals surface area contributed by atoms with Gasteiger partial charge < -0.3 is 20.3 Å². The maximum Gasteiger partial charge on any atom is 0.305 e. The van der Waals surface area contributed by atoms with Gasteiger partial charge in [0.25, 0.3) is 0 Å². The zero-order chi connectivity index (χ0) is 49.3. The number of hydrogen-bond donors (Lipinski definition) is 3. The lowest BCUT2D eigenvalue weighted by Gasteiger charge is -2.22. The molecule has 0 aliphatic carbocycles. The molecule has 3 N–H and O–H groups in total. The van der Waals surface area contributed by atoms with Crippen molar-refractivity contribution in [1.29, 1.82) is 0 Å². The van der Waals surface area contributed by atoms with E-state index >= 15 is 0 Å². The van der Waals surface area contributed by atoms with Gasteiger partial charge in [0, 0.05) is 12.8 Å². The van der Waals surface area contributed by atoms with Crippen molar-refractivity contribution in [3.8, 4) is 0 Å². The molecule has 2 atom stereocenters. The maximum absolute atomic E-state index is 12.5. The van der Waals surface area contributed by atoms with Crippen LogP contribution < -0.4 is 5.32 Å². The largest absolute Gasteiger partial charge is 0.466 e. The first-order valence-electron chi connectivity index (χ1n) is 31.3. The van der Waals surface area contributed by atoms with Crippen molar-refractivity contribution >= 4 is 11.9 Å². The van der Waals surface area contributed by atoms with Gasteiger partial charge in [0.1, 0.15) is 0 Å². The van der Waals surface area contributed by atoms with E-state index in [0.29, 0.717) is 25.9 Å². The monoisotopic (exact) mass is 962 g/mol. The smallest absolute Gasteiger partial charge is 0.305 e. The van der Waals surface area contributed by atoms with E-state index in [1.165, 1.54) is 270 Å². The molecule has 0 aromatic heterocycles. The molecule has 0 heterocycles. The van der Waals surface area contributed by atoms with Crippen molar-refractivity contribution in [3.05, 3.63) is 0 Å². The fraction of sp³-hybridized carbons (Fsp3) is 0.968. The van der Waals surface area contributed by atoms with Gasteiger partial charge in [-0.3, -0.25) is 9.59 Å². The number of amides is 1. The lowest BCUT2D eigenvalue weighted by atomic mass is 10.0. The lowest BCUT2D eigenvalue weighted by molar-refractivity contribution is -0.143. The minimum atomic E-state index is -0.674. The number of carbonyl (C=O) groups excluding carboxylic acids is 2. The summed E-state index contributed by atoms with van der Waals surface area (Å²) in [6.07, 6.45) is 68.2. The molecule has 0 bridgehead atoms. The summed E-state index contributed by atoms with van der Waals surface area (Å²) in [6.45, 7) is 4.96. The number of unbranched alkanes of at least 4 members (excludes halogenated alkanes) is 48. The van der Waals surface area contributed by atoms with Crippen LogP contribution in [0.15, 0.2) is 0 Å². The molecule has 406 valence electrons. The molecule has 2 unspecified atom stereocenters. The van der Waals surface area contributed by atoms with Gasteiger partial charge in [0.2, 0.25) is 5.91 Å². The van der Waals surface area contributed by atoms with Crippen LogP contribution in [0, 0.1) is 0 Å². The molecule has 0 fully saturated rings. The number of rotatable bonds is 59. The van der Waals surface area contributed by atoms with Gasteiger partial charge in [-0.25, -0.2) is 0 Å². The van der Waals surface area contributed by atoms with Crippen molar-refractivity contribution < 1.29 is 24.5 Å². The maximum atomic E-state index is 12.5. The highest BCUT2D eigenvalue weighted by Crippen LogP contribution is 2.19. The Balaban J connectivity index is 3.42. The van der Waals surface area contributed by atoms with Crippen molar-refractivity contribution in [3.63, 3.8) is 0 Å². The lowest BCUT2D eigenvalue weighted by Crippen LogP contribution is -2.45. The Morgan fingerprint density at radius 1 is 0.353 bits per heavy atom. The van der Waals surface area contributed by atoms with Gasteiger partial charge in [-0.1, -0.05) is 322 Å². The molecular formula is C62H123NO5. The summed E-state index contributed by atoms with van der Waals surface area (Å²) < 4.78 is 5.49. The molecule has 0 rings (SSSR count). The minimum absolute atomic E-state index is 0.00316. The van der Waals surface area contributed by atoms with Crippen LogP contribution in [0.2, 0.25) is 0 Å². The standard InChI is InChI=1S/C62H123NO5/c1-3-5-7-9-11-13-15-17-19-21-23-24-25-26-28-30-34-38-42-46-50-54-60(65)59(58-64)63-61(66)55-51-47-43-39-35-32-33-37-41-45-49-53-57-68-62(67)56-52-48-44-40-36-31-29-27-22-20-18-16-14-12-10-8-6-4-2/h59-60,64-65H,3-58H2,1-2H3,(H,63,66). The van der Waals surface area contributed by atoms with Crippen molar-refractivity contribution in [1.82, 2.24) is 5.32 Å². The van der Waals surface area contributed by atoms with Gasteiger partial charge in [-0.15, -0.1) is 0 Å². The van der Waals surface area contributed by atoms with Gasteiger partial charge in [0.15, 0.2) is 0 Å². The number of aliphatic hydroxyl groups excluding tert-OH is 2. The predicted octanol–water partition coefficient (Wildman–Crippen LogP) is 19.5. The van der Waals surface area contributed by atoms with E-state index in [1.807, 2.05) is 0 Å². The fourth-order valence-electron chi connectivity index (χ4n) is 10.1. The average Bonchev–Trinajstić information content (AvgIpc) is 3.34. The van der Waals surface area contributed by atoms with E-state index in [-0.39, 0.29) is 18.5 Å². The first kappa shape index (κ1) is 66.9. The molecule has 0 aliphatic heterocycles. The molecule has 1 amide bonds. The molecule has 0 radical (unpaired) electrons. The number of hydrogen-bond acceptors (Lipinski definition) is 5. The average molecular weight is 963 g/mol. The van der Waals surface area contributed by atoms with Crippen LogP contribution in [-0.2, 0) is 14.3 Å². The molecular weight excluding hydrogens is 839 g/mol. The zero-order valence-electron chi connectivity index (χ0n) is 46.4. The van der Waals surface area contributed by atoms with E-state index in [1.54, 1.807) is 0 Å². The van der Waals surface area contributed by atoms with E-state index in [2.05, 4.69) is 19.2 Å². The van der Waals surface area contributed by atoms with Crippen LogP contribution in [-0.4, -0.2) is 47.4 Å². The predicted molar refractivity (Wildman–Crippen MR) is 297 cm³/mol. The van der Waals surface area contributed by atoms with Crippen LogP contribution >= 0.6 is 0 Å². The third-order valence-corrected chi connectivity index (χ3v) is 14.9. The highest BCUT2D eigenvalue weighted by molar-refractivity contribution is 5.76. The number of carbonyl (C=O) groups is 2. The second-order valence-corrected chi connectivity index (χ2v) is 21.8. The normalized spacial score (nSPS) is 12.5. The molecule has 0 aliphatic rings. The van der Waals surface area contributed by atoms with Gasteiger partial charge in [-0.2, -0.15) is 0 Å². The first-order chi connectivity index (χ1) is 33.5.